The summed E-state index contributed by atoms with van der Waals surface area (Å²) in [5.41, 5.74) is 2.20. The number of nitrogens with zero attached hydrogens (tertiary/aromatic N) is 1. The van der Waals surface area contributed by atoms with Crippen LogP contribution in [0.3, 0.4) is 0 Å². The number of hydrogen-bond acceptors (Lipinski definition) is 4. The first-order valence-corrected chi connectivity index (χ1v) is 11.2. The van der Waals surface area contributed by atoms with Crippen LogP contribution >= 0.6 is 23.2 Å². The molecule has 3 N–H and O–H groups in total. The molecule has 0 aliphatic carbocycles. The number of aromatic nitrogens is 1. The Morgan fingerprint density at radius 3 is 2.30 bits per heavy atom. The van der Waals surface area contributed by atoms with Crippen molar-refractivity contribution in [1.29, 1.82) is 0 Å². The van der Waals surface area contributed by atoms with E-state index in [1.54, 1.807) is 60.9 Å². The van der Waals surface area contributed by atoms with Crippen LogP contribution in [0.4, 0.5) is 16.2 Å². The Morgan fingerprint density at radius 1 is 0.933 bits per heavy atom. The fraction of sp³-hybridized carbons (Fsp3) is 0.100. The highest BCUT2D eigenvalue weighted by Crippen LogP contribution is 2.23. The molecule has 1 heterocycles. The van der Waals surface area contributed by atoms with Crippen LogP contribution < -0.4 is 15.4 Å². The van der Waals surface area contributed by atoms with Crippen LogP contribution in [0.2, 0.25) is 10.0 Å². The maximum Gasteiger partial charge on any atom is 0.319 e. The molecule has 3 aromatic rings. The molecule has 1 aromatic heterocycles. The van der Waals surface area contributed by atoms with Crippen molar-refractivity contribution in [2.24, 2.45) is 0 Å². The fourth-order valence-corrected chi connectivity index (χ4v) is 4.23. The van der Waals surface area contributed by atoms with Gasteiger partial charge in [-0.05, 0) is 65.7 Å². The number of carbonyl (C=O) groups excluding carboxylic acids is 1. The van der Waals surface area contributed by atoms with Crippen molar-refractivity contribution in [1.82, 2.24) is 10.3 Å². The number of carbonyl (C=O) groups is 1. The van der Waals surface area contributed by atoms with Crippen molar-refractivity contribution in [3.8, 4) is 0 Å². The maximum atomic E-state index is 12.4. The normalized spacial score (nSPS) is 11.0. The van der Waals surface area contributed by atoms with Crippen molar-refractivity contribution in [2.75, 3.05) is 10.0 Å². The molecule has 2 aromatic carbocycles. The standard InChI is InChI=1S/C20H18Cl2N4O3S/c21-16-1-6-19(22)15(11-16)13-30(28,29)26-18-4-2-17(3-5-18)25-20(27)24-12-14-7-9-23-10-8-14/h1-11,26H,12-13H2,(H2,24,25,27). The zero-order chi connectivity index (χ0) is 21.6. The Bertz CT molecular complexity index is 1120. The molecule has 0 saturated heterocycles. The molecule has 30 heavy (non-hydrogen) atoms. The highest BCUT2D eigenvalue weighted by molar-refractivity contribution is 7.91. The molecule has 0 fully saturated rings. The third-order valence-electron chi connectivity index (χ3n) is 3.97. The quantitative estimate of drug-likeness (QED) is 0.473. The molecular formula is C20H18Cl2N4O3S. The smallest absolute Gasteiger partial charge is 0.319 e. The molecule has 0 unspecified atom stereocenters. The second-order valence-corrected chi connectivity index (χ2v) is 8.90. The van der Waals surface area contributed by atoms with Crippen molar-refractivity contribution in [3.05, 3.63) is 88.2 Å². The average molecular weight is 465 g/mol. The summed E-state index contributed by atoms with van der Waals surface area (Å²) in [6.45, 7) is 0.359. The van der Waals surface area contributed by atoms with E-state index in [4.69, 9.17) is 23.2 Å². The van der Waals surface area contributed by atoms with E-state index in [1.165, 1.54) is 6.07 Å². The lowest BCUT2D eigenvalue weighted by Crippen LogP contribution is -2.28. The van der Waals surface area contributed by atoms with Gasteiger partial charge < -0.3 is 10.6 Å². The molecule has 156 valence electrons. The van der Waals surface area contributed by atoms with E-state index in [1.807, 2.05) is 0 Å². The summed E-state index contributed by atoms with van der Waals surface area (Å²) in [5.74, 6) is -0.316. The van der Waals surface area contributed by atoms with Gasteiger partial charge in [0.15, 0.2) is 0 Å². The van der Waals surface area contributed by atoms with E-state index in [-0.39, 0.29) is 11.8 Å². The van der Waals surface area contributed by atoms with Gasteiger partial charge >= 0.3 is 6.03 Å². The van der Waals surface area contributed by atoms with Gasteiger partial charge in [-0.15, -0.1) is 0 Å². The van der Waals surface area contributed by atoms with Crippen LogP contribution in [0.1, 0.15) is 11.1 Å². The molecule has 0 atom stereocenters. The van der Waals surface area contributed by atoms with E-state index >= 15 is 0 Å². The third kappa shape index (κ3) is 6.62. The van der Waals surface area contributed by atoms with Gasteiger partial charge in [-0.2, -0.15) is 0 Å². The minimum atomic E-state index is -3.70. The molecule has 0 bridgehead atoms. The average Bonchev–Trinajstić information content (AvgIpc) is 2.71. The lowest BCUT2D eigenvalue weighted by atomic mass is 10.2. The number of anilines is 2. The van der Waals surface area contributed by atoms with Gasteiger partial charge in [0, 0.05) is 40.4 Å². The number of sulfonamides is 1. The highest BCUT2D eigenvalue weighted by Gasteiger charge is 2.15. The van der Waals surface area contributed by atoms with Gasteiger partial charge in [-0.1, -0.05) is 23.2 Å². The lowest BCUT2D eigenvalue weighted by molar-refractivity contribution is 0.251. The van der Waals surface area contributed by atoms with Gasteiger partial charge in [-0.3, -0.25) is 9.71 Å². The van der Waals surface area contributed by atoms with Crippen LogP contribution in [0.15, 0.2) is 67.0 Å². The van der Waals surface area contributed by atoms with E-state index in [0.29, 0.717) is 33.5 Å². The van der Waals surface area contributed by atoms with Crippen LogP contribution in [-0.4, -0.2) is 19.4 Å². The van der Waals surface area contributed by atoms with Gasteiger partial charge in [0.05, 0.1) is 5.75 Å². The van der Waals surface area contributed by atoms with E-state index < -0.39 is 10.0 Å². The van der Waals surface area contributed by atoms with Crippen molar-refractivity contribution < 1.29 is 13.2 Å². The van der Waals surface area contributed by atoms with Crippen LogP contribution in [-0.2, 0) is 22.3 Å². The first kappa shape index (κ1) is 21.9. The summed E-state index contributed by atoms with van der Waals surface area (Å²) in [7, 11) is -3.70. The Kier molecular flexibility index (Phi) is 7.15. The third-order valence-corrected chi connectivity index (χ3v) is 5.81. The molecule has 0 radical (unpaired) electrons. The maximum absolute atomic E-state index is 12.4. The highest BCUT2D eigenvalue weighted by atomic mass is 35.5. The zero-order valence-electron chi connectivity index (χ0n) is 15.6. The number of benzene rings is 2. The number of urea groups is 1. The summed E-state index contributed by atoms with van der Waals surface area (Å²) >= 11 is 11.9. The molecule has 0 aliphatic rings. The number of pyridine rings is 1. The second-order valence-electron chi connectivity index (χ2n) is 6.34. The number of rotatable bonds is 7. The fourth-order valence-electron chi connectivity index (χ4n) is 2.55. The van der Waals surface area contributed by atoms with Crippen molar-refractivity contribution in [3.63, 3.8) is 0 Å². The monoisotopic (exact) mass is 464 g/mol. The summed E-state index contributed by atoms with van der Waals surface area (Å²) in [5, 5.41) is 6.13. The van der Waals surface area contributed by atoms with Gasteiger partial charge in [0.1, 0.15) is 0 Å². The first-order chi connectivity index (χ1) is 14.3. The summed E-state index contributed by atoms with van der Waals surface area (Å²) in [4.78, 5) is 15.9. The van der Waals surface area contributed by atoms with E-state index in [0.717, 1.165) is 5.56 Å². The van der Waals surface area contributed by atoms with E-state index in [9.17, 15) is 13.2 Å². The molecule has 0 spiro atoms. The molecule has 0 saturated carbocycles. The van der Waals surface area contributed by atoms with Gasteiger partial charge in [0.25, 0.3) is 0 Å². The Labute approximate surface area is 184 Å². The number of nitrogens with one attached hydrogen (secondary N) is 3. The Morgan fingerprint density at radius 2 is 1.60 bits per heavy atom. The van der Waals surface area contributed by atoms with E-state index in [2.05, 4.69) is 20.3 Å². The van der Waals surface area contributed by atoms with Gasteiger partial charge in [-0.25, -0.2) is 13.2 Å². The summed E-state index contributed by atoms with van der Waals surface area (Å²) < 4.78 is 27.3. The largest absolute Gasteiger partial charge is 0.334 e. The Balaban J connectivity index is 1.55. The predicted octanol–water partition coefficient (Wildman–Crippen LogP) is 4.65. The molecule has 7 nitrogen and oxygen atoms in total. The number of amides is 2. The minimum Gasteiger partial charge on any atom is -0.334 e. The molecule has 0 aliphatic heterocycles. The lowest BCUT2D eigenvalue weighted by Gasteiger charge is -2.11. The minimum absolute atomic E-state index is 0.316. The molecular weight excluding hydrogens is 447 g/mol. The number of hydrogen-bond donors (Lipinski definition) is 3. The van der Waals surface area contributed by atoms with Crippen molar-refractivity contribution >= 4 is 50.6 Å². The predicted molar refractivity (Wildman–Crippen MR) is 119 cm³/mol. The summed E-state index contributed by atoms with van der Waals surface area (Å²) in [6.07, 6.45) is 3.30. The SMILES string of the molecule is O=C(NCc1ccncc1)Nc1ccc(NS(=O)(=O)Cc2cc(Cl)ccc2Cl)cc1. The molecule has 2 amide bonds. The first-order valence-electron chi connectivity index (χ1n) is 8.79. The molecule has 3 rings (SSSR count). The molecule has 10 heteroatoms. The Hall–Kier alpha value is -2.81. The van der Waals surface area contributed by atoms with Crippen LogP contribution in [0.25, 0.3) is 0 Å². The number of halogens is 2. The zero-order valence-corrected chi connectivity index (χ0v) is 17.9. The second kappa shape index (κ2) is 9.80. The van der Waals surface area contributed by atoms with Crippen LogP contribution in [0, 0.1) is 0 Å². The van der Waals surface area contributed by atoms with Crippen LogP contribution in [0.5, 0.6) is 0 Å². The van der Waals surface area contributed by atoms with Crippen molar-refractivity contribution in [2.45, 2.75) is 12.3 Å². The summed E-state index contributed by atoms with van der Waals surface area (Å²) in [6, 6.07) is 14.2. The topological polar surface area (TPSA) is 100 Å². The van der Waals surface area contributed by atoms with Gasteiger partial charge in [0.2, 0.25) is 10.0 Å².